The Bertz CT molecular complexity index is 402. The van der Waals surface area contributed by atoms with Gasteiger partial charge < -0.3 is 1.43 Å². The maximum absolute atomic E-state index is 11.5. The number of hydrogen-bond acceptors (Lipinski definition) is 4. The molecule has 0 bridgehead atoms. The summed E-state index contributed by atoms with van der Waals surface area (Å²) in [6, 6.07) is 0. The van der Waals surface area contributed by atoms with Gasteiger partial charge in [0.15, 0.2) is 0 Å². The molecule has 140 valence electrons. The van der Waals surface area contributed by atoms with Crippen LogP contribution in [0.2, 0.25) is 0 Å². The van der Waals surface area contributed by atoms with E-state index in [2.05, 4.69) is 18.0 Å². The van der Waals surface area contributed by atoms with E-state index >= 15 is 0 Å². The van der Waals surface area contributed by atoms with Gasteiger partial charge >= 0.3 is 40.0 Å². The van der Waals surface area contributed by atoms with E-state index in [1.807, 2.05) is 0 Å². The second-order valence-electron chi connectivity index (χ2n) is 6.65. The summed E-state index contributed by atoms with van der Waals surface area (Å²) in [7, 11) is -4.42. The summed E-state index contributed by atoms with van der Waals surface area (Å²) < 4.78 is 33.1. The summed E-state index contributed by atoms with van der Waals surface area (Å²) in [6.45, 7) is 4.27. The van der Waals surface area contributed by atoms with Crippen LogP contribution in [0.4, 0.5) is 0 Å². The minimum atomic E-state index is -4.42. The first-order chi connectivity index (χ1) is 10.8. The van der Waals surface area contributed by atoms with E-state index in [4.69, 9.17) is 4.55 Å². The molecule has 0 aliphatic rings. The molecular formula is C17H35NaO5S. The number of unbranched alkanes of at least 4 members (excludes halogenated alkanes) is 8. The Balaban J connectivity index is -0.00000242. The molecule has 0 saturated carbocycles. The van der Waals surface area contributed by atoms with Gasteiger partial charge in [-0.25, -0.2) is 4.18 Å². The van der Waals surface area contributed by atoms with Crippen LogP contribution in [0.15, 0.2) is 0 Å². The predicted octanol–water partition coefficient (Wildman–Crippen LogP) is 1.83. The van der Waals surface area contributed by atoms with E-state index < -0.39 is 10.4 Å². The molecule has 0 unspecified atom stereocenters. The second-order valence-corrected chi connectivity index (χ2v) is 7.74. The molecule has 0 aromatic carbocycles. The van der Waals surface area contributed by atoms with Crippen LogP contribution < -0.4 is 29.6 Å². The number of hydrogen-bond donors (Lipinski definition) is 1. The van der Waals surface area contributed by atoms with Crippen LogP contribution >= 0.6 is 0 Å². The zero-order chi connectivity index (χ0) is 17.6. The van der Waals surface area contributed by atoms with Crippen molar-refractivity contribution in [3.63, 3.8) is 0 Å². The molecule has 0 heterocycles. The van der Waals surface area contributed by atoms with Crippen LogP contribution in [0.25, 0.3) is 0 Å². The van der Waals surface area contributed by atoms with Gasteiger partial charge in [0, 0.05) is 12.8 Å². The Morgan fingerprint density at radius 3 is 1.83 bits per heavy atom. The van der Waals surface area contributed by atoms with Crippen LogP contribution in [0, 0.1) is 5.92 Å². The molecule has 0 rings (SSSR count). The molecule has 0 radical (unpaired) electrons. The van der Waals surface area contributed by atoms with Gasteiger partial charge in [-0.2, -0.15) is 8.42 Å². The van der Waals surface area contributed by atoms with Crippen molar-refractivity contribution < 1.29 is 52.9 Å². The Kier molecular flexibility index (Phi) is 18.9. The molecule has 24 heavy (non-hydrogen) atoms. The van der Waals surface area contributed by atoms with Crippen LogP contribution in [-0.4, -0.2) is 25.4 Å². The summed E-state index contributed by atoms with van der Waals surface area (Å²) in [6.07, 6.45) is 12.7. The van der Waals surface area contributed by atoms with Crippen LogP contribution in [0.5, 0.6) is 0 Å². The minimum absolute atomic E-state index is 0. The minimum Gasteiger partial charge on any atom is -1.00 e. The van der Waals surface area contributed by atoms with Crippen molar-refractivity contribution in [1.29, 1.82) is 0 Å². The Morgan fingerprint density at radius 2 is 1.38 bits per heavy atom. The van der Waals surface area contributed by atoms with Crippen molar-refractivity contribution in [2.75, 3.05) is 6.61 Å². The fraction of sp³-hybridized carbons (Fsp3) is 0.941. The van der Waals surface area contributed by atoms with E-state index in [1.165, 1.54) is 44.9 Å². The van der Waals surface area contributed by atoms with Crippen molar-refractivity contribution in [3.05, 3.63) is 0 Å². The van der Waals surface area contributed by atoms with E-state index in [9.17, 15) is 13.2 Å². The molecular weight excluding hydrogens is 339 g/mol. The molecule has 1 N–H and O–H groups in total. The van der Waals surface area contributed by atoms with E-state index in [0.29, 0.717) is 6.42 Å². The van der Waals surface area contributed by atoms with Gasteiger partial charge in [0.25, 0.3) is 0 Å². The average molecular weight is 375 g/mol. The second kappa shape index (κ2) is 17.0. The zero-order valence-electron chi connectivity index (χ0n) is 16.8. The van der Waals surface area contributed by atoms with Crippen LogP contribution in [-0.2, 0) is 19.4 Å². The number of carbonyl (C=O) groups excluding carboxylic acids is 1. The molecule has 0 aliphatic heterocycles. The fourth-order valence-corrected chi connectivity index (χ4v) is 2.79. The van der Waals surface area contributed by atoms with Crippen molar-refractivity contribution >= 4 is 16.2 Å². The first-order valence-electron chi connectivity index (χ1n) is 8.95. The molecule has 0 aliphatic carbocycles. The number of rotatable bonds is 16. The third kappa shape index (κ3) is 22.5. The fourth-order valence-electron chi connectivity index (χ4n) is 2.50. The first kappa shape index (κ1) is 26.8. The summed E-state index contributed by atoms with van der Waals surface area (Å²) in [5.74, 6) is 0.802. The molecule has 0 atom stereocenters. The molecule has 7 heteroatoms. The monoisotopic (exact) mass is 374 g/mol. The Labute approximate surface area is 172 Å². The van der Waals surface area contributed by atoms with Gasteiger partial charge in [0.1, 0.15) is 5.78 Å². The van der Waals surface area contributed by atoms with Crippen molar-refractivity contribution in [2.24, 2.45) is 5.92 Å². The van der Waals surface area contributed by atoms with Crippen molar-refractivity contribution in [2.45, 2.75) is 90.9 Å². The van der Waals surface area contributed by atoms with E-state index in [0.717, 1.165) is 25.2 Å². The summed E-state index contributed by atoms with van der Waals surface area (Å²) in [5.41, 5.74) is 0. The molecule has 0 spiro atoms. The topological polar surface area (TPSA) is 80.7 Å². The molecule has 0 fully saturated rings. The number of ketones is 1. The van der Waals surface area contributed by atoms with Gasteiger partial charge in [-0.15, -0.1) is 0 Å². The van der Waals surface area contributed by atoms with Gasteiger partial charge in [-0.05, 0) is 12.3 Å². The standard InChI is InChI=1S/C17H34O5S.Na.H/c1-16(2)12-10-8-6-4-3-5-7-9-11-13-17(18)14-15-22-23(19,20)21;;/h16H,3-15H2,1-2H3,(H,19,20,21);;/q;+1;-1. The maximum atomic E-state index is 11.5. The molecule has 0 amide bonds. The van der Waals surface area contributed by atoms with Crippen LogP contribution in [0.1, 0.15) is 92.3 Å². The van der Waals surface area contributed by atoms with Crippen LogP contribution in [0.3, 0.4) is 0 Å². The van der Waals surface area contributed by atoms with Gasteiger partial charge in [0.2, 0.25) is 0 Å². The molecule has 5 nitrogen and oxygen atoms in total. The SMILES string of the molecule is CC(C)CCCCCCCCCCCC(=O)CCOS(=O)(=O)O.[H-].[Na+]. The third-order valence-corrected chi connectivity index (χ3v) is 4.31. The Morgan fingerprint density at radius 1 is 0.917 bits per heavy atom. The molecule has 0 saturated heterocycles. The zero-order valence-corrected chi connectivity index (χ0v) is 18.6. The summed E-state index contributed by atoms with van der Waals surface area (Å²) in [4.78, 5) is 11.5. The quantitative estimate of drug-likeness (QED) is 0.253. The van der Waals surface area contributed by atoms with Gasteiger partial charge in [-0.1, -0.05) is 71.6 Å². The molecule has 0 aromatic heterocycles. The van der Waals surface area contributed by atoms with Gasteiger partial charge in [0.05, 0.1) is 6.61 Å². The smallest absolute Gasteiger partial charge is 1.00 e. The average Bonchev–Trinajstić information content (AvgIpc) is 2.43. The third-order valence-electron chi connectivity index (χ3n) is 3.85. The van der Waals surface area contributed by atoms with E-state index in [-0.39, 0.29) is 49.8 Å². The summed E-state index contributed by atoms with van der Waals surface area (Å²) >= 11 is 0. The largest absolute Gasteiger partial charge is 1.00 e. The number of Topliss-reactive ketones (excluding diaryl/α,β-unsaturated/α-hetero) is 1. The predicted molar refractivity (Wildman–Crippen MR) is 93.9 cm³/mol. The molecule has 0 aromatic rings. The number of carbonyl (C=O) groups is 1. The van der Waals surface area contributed by atoms with Gasteiger partial charge in [-0.3, -0.25) is 9.35 Å². The van der Waals surface area contributed by atoms with Crippen molar-refractivity contribution in [1.82, 2.24) is 0 Å². The van der Waals surface area contributed by atoms with Crippen molar-refractivity contribution in [3.8, 4) is 0 Å². The first-order valence-corrected chi connectivity index (χ1v) is 10.3. The maximum Gasteiger partial charge on any atom is 1.00 e. The Hall–Kier alpha value is 0.540. The normalized spacial score (nSPS) is 11.5. The van der Waals surface area contributed by atoms with E-state index in [1.54, 1.807) is 0 Å². The summed E-state index contributed by atoms with van der Waals surface area (Å²) in [5, 5.41) is 0.